The van der Waals surface area contributed by atoms with Gasteiger partial charge in [0.1, 0.15) is 5.75 Å². The fraction of sp³-hybridized carbons (Fsp3) is 0.222. The lowest BCUT2D eigenvalue weighted by atomic mass is 10.0. The van der Waals surface area contributed by atoms with Crippen LogP contribution in [0.4, 0.5) is 0 Å². The summed E-state index contributed by atoms with van der Waals surface area (Å²) in [6, 6.07) is 19.2. The van der Waals surface area contributed by atoms with Gasteiger partial charge in [-0.3, -0.25) is 14.4 Å². The average Bonchev–Trinajstić information content (AvgIpc) is 3.50. The Bertz CT molecular complexity index is 1350. The van der Waals surface area contributed by atoms with Crippen LogP contribution in [0.5, 0.6) is 5.75 Å². The molecule has 0 aliphatic rings. The van der Waals surface area contributed by atoms with Gasteiger partial charge in [0, 0.05) is 34.8 Å². The molecule has 2 aromatic heterocycles. The van der Waals surface area contributed by atoms with Crippen molar-refractivity contribution in [2.24, 2.45) is 0 Å². The quantitative estimate of drug-likeness (QED) is 0.243. The number of carbonyl (C=O) groups excluding carboxylic acids is 3. The number of ether oxygens (including phenoxy) is 2. The van der Waals surface area contributed by atoms with E-state index in [1.54, 1.807) is 19.2 Å². The molecule has 0 aliphatic heterocycles. The van der Waals surface area contributed by atoms with E-state index in [2.05, 4.69) is 10.3 Å². The van der Waals surface area contributed by atoms with E-state index in [1.165, 1.54) is 18.3 Å². The lowest BCUT2D eigenvalue weighted by Gasteiger charge is -2.07. The van der Waals surface area contributed by atoms with Crippen LogP contribution in [-0.2, 0) is 27.3 Å². The van der Waals surface area contributed by atoms with Gasteiger partial charge in [0.2, 0.25) is 11.7 Å². The Kier molecular flexibility index (Phi) is 7.62. The molecular formula is C27H26N2O5S. The van der Waals surface area contributed by atoms with Crippen LogP contribution in [0.3, 0.4) is 0 Å². The van der Waals surface area contributed by atoms with E-state index in [0.29, 0.717) is 17.8 Å². The highest BCUT2D eigenvalue weighted by atomic mass is 32.1. The third-order valence-corrected chi connectivity index (χ3v) is 6.71. The molecule has 0 fully saturated rings. The molecule has 0 bridgehead atoms. The molecule has 0 saturated carbocycles. The minimum atomic E-state index is -0.431. The van der Waals surface area contributed by atoms with Gasteiger partial charge in [0.25, 0.3) is 0 Å². The van der Waals surface area contributed by atoms with Crippen molar-refractivity contribution in [3.8, 4) is 17.0 Å². The molecule has 180 valence electrons. The first-order valence-corrected chi connectivity index (χ1v) is 12.0. The van der Waals surface area contributed by atoms with Gasteiger partial charge in [0.15, 0.2) is 6.61 Å². The molecule has 2 N–H and O–H groups in total. The van der Waals surface area contributed by atoms with Gasteiger partial charge >= 0.3 is 5.97 Å². The van der Waals surface area contributed by atoms with Crippen LogP contribution >= 0.6 is 11.3 Å². The Hall–Kier alpha value is -3.91. The number of rotatable bonds is 10. The number of para-hydroxylation sites is 1. The molecule has 0 spiro atoms. The summed E-state index contributed by atoms with van der Waals surface area (Å²) in [5.74, 6) is -0.0547. The average molecular weight is 491 g/mol. The van der Waals surface area contributed by atoms with Crippen LogP contribution in [0.25, 0.3) is 22.2 Å². The number of fused-ring (bicyclic) bond motifs is 1. The van der Waals surface area contributed by atoms with Crippen molar-refractivity contribution >= 4 is 39.9 Å². The van der Waals surface area contributed by atoms with E-state index in [-0.39, 0.29) is 24.7 Å². The molecule has 2 heterocycles. The highest BCUT2D eigenvalue weighted by Gasteiger charge is 2.17. The Balaban J connectivity index is 1.39. The van der Waals surface area contributed by atoms with Crippen molar-refractivity contribution in [1.29, 1.82) is 0 Å². The van der Waals surface area contributed by atoms with Crippen LogP contribution in [0.1, 0.15) is 33.5 Å². The Morgan fingerprint density at radius 3 is 2.51 bits per heavy atom. The molecule has 1 amide bonds. The van der Waals surface area contributed by atoms with E-state index in [4.69, 9.17) is 9.47 Å². The highest BCUT2D eigenvalue weighted by molar-refractivity contribution is 7.14. The summed E-state index contributed by atoms with van der Waals surface area (Å²) in [5, 5.41) is 3.74. The van der Waals surface area contributed by atoms with Gasteiger partial charge in [-0.15, -0.1) is 11.3 Å². The van der Waals surface area contributed by atoms with Crippen molar-refractivity contribution in [3.05, 3.63) is 76.0 Å². The number of hydrogen-bond acceptors (Lipinski definition) is 6. The number of esters is 1. The summed E-state index contributed by atoms with van der Waals surface area (Å²) in [4.78, 5) is 40.8. The molecular weight excluding hydrogens is 464 g/mol. The second kappa shape index (κ2) is 11.0. The number of Topliss-reactive ketones (excluding diaryl/α,β-unsaturated/α-hetero) is 1. The van der Waals surface area contributed by atoms with Gasteiger partial charge in [-0.2, -0.15) is 0 Å². The summed E-state index contributed by atoms with van der Waals surface area (Å²) in [6.07, 6.45) is 0.620. The lowest BCUT2D eigenvalue weighted by molar-refractivity contribution is -0.142. The fourth-order valence-electron chi connectivity index (χ4n) is 3.81. The topological polar surface area (TPSA) is 97.5 Å². The lowest BCUT2D eigenvalue weighted by Crippen LogP contribution is -2.18. The number of methoxy groups -OCH3 is 1. The van der Waals surface area contributed by atoms with Crippen molar-refractivity contribution in [2.45, 2.75) is 26.3 Å². The van der Waals surface area contributed by atoms with Crippen molar-refractivity contribution in [2.75, 3.05) is 13.7 Å². The van der Waals surface area contributed by atoms with E-state index in [0.717, 1.165) is 38.4 Å². The smallest absolute Gasteiger partial charge is 0.306 e. The summed E-state index contributed by atoms with van der Waals surface area (Å²) in [7, 11) is 1.63. The third kappa shape index (κ3) is 5.96. The number of benzene rings is 2. The highest BCUT2D eigenvalue weighted by Crippen LogP contribution is 2.32. The second-order valence-electron chi connectivity index (χ2n) is 8.01. The van der Waals surface area contributed by atoms with Crippen molar-refractivity contribution in [3.63, 3.8) is 0 Å². The summed E-state index contributed by atoms with van der Waals surface area (Å²) < 4.78 is 10.5. The minimum absolute atomic E-state index is 0.134. The van der Waals surface area contributed by atoms with Gasteiger partial charge in [-0.05, 0) is 60.0 Å². The number of H-pyrrole nitrogens is 1. The van der Waals surface area contributed by atoms with Crippen LogP contribution in [0.2, 0.25) is 0 Å². The first-order chi connectivity index (χ1) is 16.9. The van der Waals surface area contributed by atoms with Crippen LogP contribution in [0, 0.1) is 0 Å². The van der Waals surface area contributed by atoms with E-state index in [1.807, 2.05) is 48.5 Å². The zero-order chi connectivity index (χ0) is 24.8. The maximum Gasteiger partial charge on any atom is 0.306 e. The van der Waals surface area contributed by atoms with Crippen LogP contribution in [-0.4, -0.2) is 36.4 Å². The number of aromatic nitrogens is 1. The Labute approximate surface area is 207 Å². The van der Waals surface area contributed by atoms with Crippen molar-refractivity contribution in [1.82, 2.24) is 10.3 Å². The zero-order valence-electron chi connectivity index (χ0n) is 19.6. The molecule has 4 aromatic rings. The number of amides is 1. The van der Waals surface area contributed by atoms with Crippen LogP contribution in [0.15, 0.2) is 60.7 Å². The summed E-state index contributed by atoms with van der Waals surface area (Å²) in [5.41, 5.74) is 3.95. The molecule has 7 nitrogen and oxygen atoms in total. The number of thiophene rings is 1. The molecule has 35 heavy (non-hydrogen) atoms. The number of aromatic amines is 1. The number of carbonyl (C=O) groups is 3. The molecule has 0 radical (unpaired) electrons. The summed E-state index contributed by atoms with van der Waals surface area (Å²) in [6.45, 7) is 1.50. The first kappa shape index (κ1) is 24.2. The van der Waals surface area contributed by atoms with E-state index >= 15 is 0 Å². The largest absolute Gasteiger partial charge is 0.497 e. The number of aryl methyl sites for hydroxylation is 1. The van der Waals surface area contributed by atoms with E-state index < -0.39 is 5.97 Å². The van der Waals surface area contributed by atoms with Gasteiger partial charge < -0.3 is 19.8 Å². The monoisotopic (exact) mass is 490 g/mol. The zero-order valence-corrected chi connectivity index (χ0v) is 20.4. The van der Waals surface area contributed by atoms with Crippen molar-refractivity contribution < 1.29 is 23.9 Å². The standard InChI is InChI=1S/C27H26N2O5S/c1-17(30)28-15-20-11-13-25(35-20)24(31)16-34-26(32)14-12-22-21-5-3-4-6-23(21)29-27(22)18-7-9-19(33-2)10-8-18/h3-11,13,29H,12,14-16H2,1-2H3,(H,28,30). The molecule has 2 aromatic carbocycles. The first-order valence-electron chi connectivity index (χ1n) is 11.2. The molecule has 0 aliphatic carbocycles. The number of hydrogen-bond donors (Lipinski definition) is 2. The molecule has 0 saturated heterocycles. The number of nitrogens with one attached hydrogen (secondary N) is 2. The SMILES string of the molecule is COc1ccc(-c2[nH]c3ccccc3c2CCC(=O)OCC(=O)c2ccc(CNC(C)=O)s2)cc1. The normalized spacial score (nSPS) is 10.8. The molecule has 8 heteroatoms. The molecule has 0 atom stereocenters. The molecule has 4 rings (SSSR count). The number of ketones is 1. The Morgan fingerprint density at radius 2 is 1.77 bits per heavy atom. The maximum absolute atomic E-state index is 12.5. The fourth-order valence-corrected chi connectivity index (χ4v) is 4.69. The van der Waals surface area contributed by atoms with Gasteiger partial charge in [-0.1, -0.05) is 18.2 Å². The summed E-state index contributed by atoms with van der Waals surface area (Å²) >= 11 is 1.28. The predicted molar refractivity (Wildman–Crippen MR) is 136 cm³/mol. The minimum Gasteiger partial charge on any atom is -0.497 e. The van der Waals surface area contributed by atoms with Gasteiger partial charge in [0.05, 0.1) is 18.5 Å². The van der Waals surface area contributed by atoms with Crippen LogP contribution < -0.4 is 10.1 Å². The second-order valence-corrected chi connectivity index (χ2v) is 9.18. The Morgan fingerprint density at radius 1 is 1.00 bits per heavy atom. The predicted octanol–water partition coefficient (Wildman–Crippen LogP) is 4.90. The maximum atomic E-state index is 12.5. The van der Waals surface area contributed by atoms with E-state index in [9.17, 15) is 14.4 Å². The molecule has 0 unspecified atom stereocenters. The third-order valence-electron chi connectivity index (χ3n) is 5.58. The van der Waals surface area contributed by atoms with Gasteiger partial charge in [-0.25, -0.2) is 0 Å².